The summed E-state index contributed by atoms with van der Waals surface area (Å²) in [5.41, 5.74) is -0.213. The third-order valence-corrected chi connectivity index (χ3v) is 0.477. The molecule has 0 aromatic heterocycles. The number of hydrogen-bond acceptors (Lipinski definition) is 1. The van der Waals surface area contributed by atoms with E-state index in [-0.39, 0.29) is 14.8 Å². The van der Waals surface area contributed by atoms with E-state index >= 15 is 0 Å². The Balaban J connectivity index is 2.99. The minimum atomic E-state index is -0.368. The van der Waals surface area contributed by atoms with Gasteiger partial charge in [-0.1, -0.05) is 0 Å². The second-order valence-electron chi connectivity index (χ2n) is 0.579. The van der Waals surface area contributed by atoms with Crippen LogP contribution in [-0.4, -0.2) is 14.0 Å². The number of amides is 1. The second kappa shape index (κ2) is 2.16. The Morgan fingerprint density at radius 2 is 3.00 bits per heavy atom. The number of hydrogen-bond donors (Lipinski definition) is 1. The molecule has 0 aliphatic rings. The van der Waals surface area contributed by atoms with Gasteiger partial charge < -0.3 is 5.32 Å². The predicted molar refractivity (Wildman–Crippen MR) is 24.2 cm³/mol. The average molecular weight is 93.1 g/mol. The van der Waals surface area contributed by atoms with Crippen molar-refractivity contribution in [2.75, 3.05) is 7.05 Å². The molecule has 1 atom stereocenters. The van der Waals surface area contributed by atoms with E-state index in [1.807, 2.05) is 0 Å². The van der Waals surface area contributed by atoms with Crippen molar-refractivity contribution in [2.24, 2.45) is 0 Å². The lowest BCUT2D eigenvalue weighted by Gasteiger charge is -1.79. The summed E-state index contributed by atoms with van der Waals surface area (Å²) in [6, 6.07) is 0. The fourth-order valence-electron chi connectivity index (χ4n) is 0. The molecule has 0 aromatic rings. The fourth-order valence-corrected chi connectivity index (χ4v) is 0. The zero-order valence-corrected chi connectivity index (χ0v) is 3.91. The molecule has 0 saturated carbocycles. The van der Waals surface area contributed by atoms with Gasteiger partial charge in [0.1, 0.15) is 0 Å². The van der Waals surface area contributed by atoms with E-state index in [1.54, 1.807) is 0 Å². The Morgan fingerprint density at radius 3 is 3.00 bits per heavy atom. The van der Waals surface area contributed by atoms with Gasteiger partial charge >= 0.3 is 0 Å². The molecular weight excluding hydrogens is 85.0 g/mol. The van der Waals surface area contributed by atoms with Crippen LogP contribution in [0.1, 0.15) is 0 Å². The van der Waals surface area contributed by atoms with E-state index < -0.39 is 0 Å². The molecule has 0 heterocycles. The van der Waals surface area contributed by atoms with Crippen LogP contribution >= 0.6 is 9.18 Å². The summed E-state index contributed by atoms with van der Waals surface area (Å²) < 4.78 is 6.42. The van der Waals surface area contributed by atoms with E-state index in [0.29, 0.717) is 0 Å². The van der Waals surface area contributed by atoms with Crippen LogP contribution in [-0.2, 0) is 0 Å². The van der Waals surface area contributed by atoms with Crippen LogP contribution in [0, 0.1) is 0 Å². The molecule has 0 radical (unpaired) electrons. The van der Waals surface area contributed by atoms with E-state index in [2.05, 4.69) is 5.32 Å². The lowest BCUT2D eigenvalue weighted by atomic mass is 11.2. The quantitative estimate of drug-likeness (QED) is 0.461. The topological polar surface area (TPSA) is 29.1 Å². The molecular formula is C2H6NOP. The first-order chi connectivity index (χ1) is 2.81. The molecule has 2 nitrogen and oxygen atoms in total. The Morgan fingerprint density at radius 1 is 2.40 bits per heavy atom. The molecule has 5 heavy (non-hydrogen) atoms. The Labute approximate surface area is 34.4 Å². The monoisotopic (exact) mass is 93.0 g/mol. The summed E-state index contributed by atoms with van der Waals surface area (Å²) in [6.45, 7) is 0. The summed E-state index contributed by atoms with van der Waals surface area (Å²) in [6.07, 6.45) is 0. The maximum atomic E-state index is 9.89. The SMILES string of the molecule is [3H]PC(=O)NC. The van der Waals surface area contributed by atoms with Crippen LogP contribution in [0.15, 0.2) is 0 Å². The molecule has 0 saturated heterocycles. The van der Waals surface area contributed by atoms with Gasteiger partial charge in [-0.3, -0.25) is 4.79 Å². The van der Waals surface area contributed by atoms with Crippen molar-refractivity contribution in [3.63, 3.8) is 0 Å². The molecule has 1 amide bonds. The van der Waals surface area contributed by atoms with Crippen molar-refractivity contribution in [3.8, 4) is 0 Å². The summed E-state index contributed by atoms with van der Waals surface area (Å²) >= 11 is 0. The minimum absolute atomic E-state index is 0.213. The third kappa shape index (κ3) is 3.90. The lowest BCUT2D eigenvalue weighted by Crippen LogP contribution is -2.06. The highest BCUT2D eigenvalue weighted by Gasteiger charge is 1.72. The third-order valence-electron chi connectivity index (χ3n) is 0.227. The maximum Gasteiger partial charge on any atom is 0.234 e. The molecule has 0 bridgehead atoms. The van der Waals surface area contributed by atoms with Crippen LogP contribution < -0.4 is 5.32 Å². The highest BCUT2D eigenvalue weighted by Crippen LogP contribution is 1.75. The van der Waals surface area contributed by atoms with Crippen molar-refractivity contribution in [1.29, 1.82) is 1.28 Å². The van der Waals surface area contributed by atoms with Gasteiger partial charge in [0.05, 0.1) is 1.28 Å². The van der Waals surface area contributed by atoms with E-state index in [4.69, 9.17) is 1.28 Å². The number of rotatable bonds is 1. The second-order valence-corrected chi connectivity index (χ2v) is 1.03. The molecule has 0 spiro atoms. The van der Waals surface area contributed by atoms with Gasteiger partial charge in [0.25, 0.3) is 0 Å². The van der Waals surface area contributed by atoms with Gasteiger partial charge in [-0.15, -0.1) is 0 Å². The highest BCUT2D eigenvalue weighted by molar-refractivity contribution is 7.39. The molecule has 0 aliphatic carbocycles. The largest absolute Gasteiger partial charge is 0.356 e. The first-order valence-corrected chi connectivity index (χ1v) is 1.70. The average Bonchev–Trinajstić information content (AvgIpc) is 1.65. The van der Waals surface area contributed by atoms with Crippen molar-refractivity contribution < 1.29 is 4.79 Å². The van der Waals surface area contributed by atoms with Gasteiger partial charge in [0, 0.05) is 7.05 Å². The zero-order chi connectivity index (χ0) is 4.99. The summed E-state index contributed by atoms with van der Waals surface area (Å²) in [7, 11) is 1.15. The van der Waals surface area contributed by atoms with Gasteiger partial charge in [0.15, 0.2) is 0 Å². The lowest BCUT2D eigenvalue weighted by molar-refractivity contribution is 0.262. The molecule has 3 heteroatoms. The Kier molecular flexibility index (Phi) is 1.34. The first kappa shape index (κ1) is 3.10. The van der Waals surface area contributed by atoms with Crippen LogP contribution in [0.3, 0.4) is 0 Å². The Hall–Kier alpha value is -0.100. The Bertz CT molecular complexity index is 51.5. The highest BCUT2D eigenvalue weighted by atomic mass is 31.0. The predicted octanol–water partition coefficient (Wildman–Crippen LogP) is 0.201. The maximum absolute atomic E-state index is 9.89. The number of carbonyl (C=O) groups is 1. The number of carbonyl (C=O) groups excluding carboxylic acids is 1. The van der Waals surface area contributed by atoms with Crippen LogP contribution in [0.25, 0.3) is 0 Å². The van der Waals surface area contributed by atoms with Crippen molar-refractivity contribution >= 4 is 14.8 Å². The summed E-state index contributed by atoms with van der Waals surface area (Å²) in [5.74, 6) is 0. The number of nitrogens with one attached hydrogen (secondary N) is 1. The van der Waals surface area contributed by atoms with E-state index in [1.165, 1.54) is 7.05 Å². The molecule has 1 N–H and O–H groups in total. The van der Waals surface area contributed by atoms with Gasteiger partial charge in [0.2, 0.25) is 5.65 Å². The molecule has 0 rings (SSSR count). The van der Waals surface area contributed by atoms with E-state index in [0.717, 1.165) is 0 Å². The van der Waals surface area contributed by atoms with Crippen molar-refractivity contribution in [1.82, 2.24) is 5.32 Å². The zero-order valence-electron chi connectivity index (χ0n) is 3.91. The summed E-state index contributed by atoms with van der Waals surface area (Å²) in [4.78, 5) is 9.89. The molecule has 30 valence electrons. The smallest absolute Gasteiger partial charge is 0.234 e. The van der Waals surface area contributed by atoms with Crippen molar-refractivity contribution in [2.45, 2.75) is 0 Å². The first-order valence-electron chi connectivity index (χ1n) is 1.70. The van der Waals surface area contributed by atoms with Crippen LogP contribution in [0.2, 0.25) is 0 Å². The van der Waals surface area contributed by atoms with Gasteiger partial charge in [-0.2, -0.15) is 0 Å². The molecule has 0 aliphatic heterocycles. The van der Waals surface area contributed by atoms with Gasteiger partial charge in [-0.05, 0) is 9.18 Å². The minimum Gasteiger partial charge on any atom is -0.356 e. The van der Waals surface area contributed by atoms with Crippen LogP contribution in [0.5, 0.6) is 0 Å². The van der Waals surface area contributed by atoms with E-state index in [9.17, 15) is 4.79 Å². The van der Waals surface area contributed by atoms with Crippen molar-refractivity contribution in [3.05, 3.63) is 0 Å². The van der Waals surface area contributed by atoms with Gasteiger partial charge in [-0.25, -0.2) is 0 Å². The summed E-state index contributed by atoms with van der Waals surface area (Å²) in [5, 5.41) is 2.30. The normalized spacial score (nSPS) is 11.8. The fraction of sp³-hybridized carbons (Fsp3) is 0.500. The molecule has 1 unspecified atom stereocenters. The molecule has 0 fully saturated rings. The molecule has 0 aromatic carbocycles. The van der Waals surface area contributed by atoms with Crippen LogP contribution in [0.4, 0.5) is 4.79 Å². The standard InChI is InChI=1S/C2H6NOP/c1-3-2(4)5/h5H2,1H3,(H,3,4)/i5T.